The third kappa shape index (κ3) is 1.81. The topological polar surface area (TPSA) is 107 Å². The van der Waals surface area contributed by atoms with Crippen molar-refractivity contribution in [2.75, 3.05) is 19.1 Å². The molecule has 18 heavy (non-hydrogen) atoms. The maximum atomic E-state index is 10.9. The highest BCUT2D eigenvalue weighted by Crippen LogP contribution is 2.29. The number of aromatic nitrogens is 2. The van der Waals surface area contributed by atoms with Gasteiger partial charge < -0.3 is 5.01 Å². The molecule has 0 amide bonds. The predicted molar refractivity (Wildman–Crippen MR) is 63.1 cm³/mol. The van der Waals surface area contributed by atoms with Crippen LogP contribution in [-0.4, -0.2) is 33.8 Å². The highest BCUT2D eigenvalue weighted by atomic mass is 16.6. The molecule has 0 radical (unpaired) electrons. The van der Waals surface area contributed by atoms with Gasteiger partial charge in [-0.3, -0.25) is 20.2 Å². The summed E-state index contributed by atoms with van der Waals surface area (Å²) in [5.74, 6) is 0. The van der Waals surface area contributed by atoms with Crippen LogP contribution in [0.1, 0.15) is 0 Å². The first-order valence-corrected chi connectivity index (χ1v) is 4.90. The molecule has 0 aliphatic rings. The van der Waals surface area contributed by atoms with Crippen LogP contribution < -0.4 is 5.01 Å². The number of hydrogen-bond acceptors (Lipinski definition) is 6. The lowest BCUT2D eigenvalue weighted by Crippen LogP contribution is -2.24. The van der Waals surface area contributed by atoms with Crippen LogP contribution in [0.2, 0.25) is 0 Å². The van der Waals surface area contributed by atoms with Gasteiger partial charge in [-0.2, -0.15) is 9.89 Å². The normalized spacial score (nSPS) is 10.6. The van der Waals surface area contributed by atoms with Gasteiger partial charge in [-0.15, -0.1) is 0 Å². The lowest BCUT2D eigenvalue weighted by atomic mass is 10.2. The number of nitro benzene ring substituents is 2. The number of nitrogens with zero attached hydrogens (tertiary/aromatic N) is 5. The quantitative estimate of drug-likeness (QED) is 0.596. The standard InChI is InChI=1S/C9H9N5O4/c1-11(2)12-5-7-8(10-12)3-6(13(15)16)4-9(7)14(17)18/h3-5H,1-2H3. The Hall–Kier alpha value is -2.71. The summed E-state index contributed by atoms with van der Waals surface area (Å²) in [6, 6.07) is 2.15. The Morgan fingerprint density at radius 1 is 1.22 bits per heavy atom. The molecule has 0 atom stereocenters. The Morgan fingerprint density at radius 3 is 2.39 bits per heavy atom. The zero-order chi connectivity index (χ0) is 13.4. The van der Waals surface area contributed by atoms with Gasteiger partial charge in [0, 0.05) is 20.2 Å². The van der Waals surface area contributed by atoms with Gasteiger partial charge in [0.15, 0.2) is 0 Å². The van der Waals surface area contributed by atoms with Crippen molar-refractivity contribution in [2.24, 2.45) is 0 Å². The van der Waals surface area contributed by atoms with Crippen LogP contribution in [0.25, 0.3) is 10.9 Å². The largest absolute Gasteiger partial charge is 0.303 e. The highest BCUT2D eigenvalue weighted by Gasteiger charge is 2.21. The second kappa shape index (κ2) is 3.95. The number of nitro groups is 2. The van der Waals surface area contributed by atoms with E-state index in [0.29, 0.717) is 0 Å². The molecule has 0 unspecified atom stereocenters. The average molecular weight is 251 g/mol. The summed E-state index contributed by atoms with van der Waals surface area (Å²) in [4.78, 5) is 21.6. The summed E-state index contributed by atoms with van der Waals surface area (Å²) in [6.45, 7) is 0. The molecule has 0 aliphatic carbocycles. The molecule has 1 aromatic carbocycles. The van der Waals surface area contributed by atoms with Crippen molar-refractivity contribution in [3.63, 3.8) is 0 Å². The fourth-order valence-corrected chi connectivity index (χ4v) is 1.54. The molecule has 1 aromatic heterocycles. The summed E-state index contributed by atoms with van der Waals surface area (Å²) in [5.41, 5.74) is -0.463. The molecule has 0 aliphatic heterocycles. The molecule has 0 spiro atoms. The lowest BCUT2D eigenvalue weighted by Gasteiger charge is -2.10. The van der Waals surface area contributed by atoms with Crippen LogP contribution in [-0.2, 0) is 0 Å². The van der Waals surface area contributed by atoms with E-state index in [1.54, 1.807) is 19.1 Å². The van der Waals surface area contributed by atoms with E-state index in [0.717, 1.165) is 6.07 Å². The third-order valence-electron chi connectivity index (χ3n) is 2.39. The molecule has 1 heterocycles. The van der Waals surface area contributed by atoms with E-state index < -0.39 is 9.85 Å². The number of rotatable bonds is 3. The molecule has 94 valence electrons. The Bertz CT molecular complexity index is 648. The Balaban J connectivity index is 2.77. The second-order valence-electron chi connectivity index (χ2n) is 3.81. The predicted octanol–water partition coefficient (Wildman–Crippen LogP) is 1.05. The molecule has 9 heteroatoms. The zero-order valence-corrected chi connectivity index (χ0v) is 9.60. The van der Waals surface area contributed by atoms with E-state index in [1.807, 2.05) is 0 Å². The minimum Gasteiger partial charge on any atom is -0.303 e. The summed E-state index contributed by atoms with van der Waals surface area (Å²) in [7, 11) is 3.40. The first-order valence-electron chi connectivity index (χ1n) is 4.90. The van der Waals surface area contributed by atoms with E-state index in [4.69, 9.17) is 0 Å². The molecule has 0 saturated carbocycles. The molecule has 2 rings (SSSR count). The minimum absolute atomic E-state index is 0.213. The van der Waals surface area contributed by atoms with Gasteiger partial charge in [0.2, 0.25) is 0 Å². The van der Waals surface area contributed by atoms with E-state index in [1.165, 1.54) is 17.1 Å². The van der Waals surface area contributed by atoms with Gasteiger partial charge in [-0.25, -0.2) is 0 Å². The van der Waals surface area contributed by atoms with Crippen molar-refractivity contribution >= 4 is 22.3 Å². The molecule has 0 fully saturated rings. The van der Waals surface area contributed by atoms with Crippen LogP contribution >= 0.6 is 0 Å². The van der Waals surface area contributed by atoms with E-state index in [9.17, 15) is 20.2 Å². The molecule has 9 nitrogen and oxygen atoms in total. The van der Waals surface area contributed by atoms with Gasteiger partial charge >= 0.3 is 0 Å². The molecule has 0 bridgehead atoms. The van der Waals surface area contributed by atoms with Crippen LogP contribution in [0.15, 0.2) is 18.3 Å². The third-order valence-corrected chi connectivity index (χ3v) is 2.39. The Labute approximate surface area is 100 Å². The molecular formula is C9H9N5O4. The molecular weight excluding hydrogens is 242 g/mol. The molecule has 2 aromatic rings. The number of non-ortho nitro benzene ring substituents is 2. The Morgan fingerprint density at radius 2 is 1.89 bits per heavy atom. The van der Waals surface area contributed by atoms with Crippen LogP contribution in [0, 0.1) is 20.2 Å². The van der Waals surface area contributed by atoms with Gasteiger partial charge in [0.1, 0.15) is 10.9 Å². The van der Waals surface area contributed by atoms with Gasteiger partial charge in [-0.05, 0) is 0 Å². The number of fused-ring (bicyclic) bond motifs is 1. The second-order valence-corrected chi connectivity index (χ2v) is 3.81. The zero-order valence-electron chi connectivity index (χ0n) is 9.60. The summed E-state index contributed by atoms with van der Waals surface area (Å²) >= 11 is 0. The van der Waals surface area contributed by atoms with E-state index >= 15 is 0 Å². The minimum atomic E-state index is -0.679. The first kappa shape index (κ1) is 11.8. The number of hydrogen-bond donors (Lipinski definition) is 0. The van der Waals surface area contributed by atoms with Crippen molar-refractivity contribution in [1.82, 2.24) is 9.89 Å². The fraction of sp³-hybridized carbons (Fsp3) is 0.222. The smallest absolute Gasteiger partial charge is 0.287 e. The Kier molecular flexibility index (Phi) is 2.58. The van der Waals surface area contributed by atoms with Crippen molar-refractivity contribution in [3.8, 4) is 0 Å². The molecule has 0 N–H and O–H groups in total. The van der Waals surface area contributed by atoms with Crippen LogP contribution in [0.5, 0.6) is 0 Å². The van der Waals surface area contributed by atoms with Crippen LogP contribution in [0.4, 0.5) is 11.4 Å². The van der Waals surface area contributed by atoms with Crippen molar-refractivity contribution in [3.05, 3.63) is 38.6 Å². The lowest BCUT2D eigenvalue weighted by molar-refractivity contribution is -0.393. The average Bonchev–Trinajstić information content (AvgIpc) is 2.70. The van der Waals surface area contributed by atoms with Crippen molar-refractivity contribution < 1.29 is 9.85 Å². The molecule has 0 saturated heterocycles. The van der Waals surface area contributed by atoms with E-state index in [2.05, 4.69) is 5.10 Å². The summed E-state index contributed by atoms with van der Waals surface area (Å²) in [6.07, 6.45) is 1.46. The highest BCUT2D eigenvalue weighted by molar-refractivity contribution is 5.89. The maximum Gasteiger partial charge on any atom is 0.287 e. The van der Waals surface area contributed by atoms with Crippen LogP contribution in [0.3, 0.4) is 0 Å². The van der Waals surface area contributed by atoms with Gasteiger partial charge in [0.25, 0.3) is 11.4 Å². The number of benzene rings is 1. The SMILES string of the molecule is CN(C)n1cc2c([N+](=O)[O-])cc([N+](=O)[O-])cc2n1. The fourth-order valence-electron chi connectivity index (χ4n) is 1.54. The first-order chi connectivity index (χ1) is 8.40. The maximum absolute atomic E-state index is 10.9. The van der Waals surface area contributed by atoms with Gasteiger partial charge in [0.05, 0.1) is 22.1 Å². The summed E-state index contributed by atoms with van der Waals surface area (Å²) in [5, 5.41) is 27.5. The van der Waals surface area contributed by atoms with Gasteiger partial charge in [-0.1, -0.05) is 0 Å². The van der Waals surface area contributed by atoms with E-state index in [-0.39, 0.29) is 22.3 Å². The summed E-state index contributed by atoms with van der Waals surface area (Å²) < 4.78 is 0. The van der Waals surface area contributed by atoms with Crippen molar-refractivity contribution in [2.45, 2.75) is 0 Å². The van der Waals surface area contributed by atoms with Crippen molar-refractivity contribution in [1.29, 1.82) is 0 Å². The monoisotopic (exact) mass is 251 g/mol.